The Morgan fingerprint density at radius 2 is 2.07 bits per heavy atom. The van der Waals surface area contributed by atoms with Gasteiger partial charge in [0.05, 0.1) is 6.61 Å². The first-order chi connectivity index (χ1) is 6.47. The number of nitrogens with zero attached hydrogens (tertiary/aromatic N) is 1. The standard InChI is InChI=1S/C11H16BNO/c1-11(2,3)7-8-14-10-6-4-5-9(12)13-10/h4-6H,7-8H2,1-3H3. The summed E-state index contributed by atoms with van der Waals surface area (Å²) in [6, 6.07) is 5.41. The number of ether oxygens (including phenoxy) is 1. The summed E-state index contributed by atoms with van der Waals surface area (Å²) >= 11 is 0. The quantitative estimate of drug-likeness (QED) is 0.675. The molecular formula is C11H16BNO. The molecule has 1 aromatic rings. The van der Waals surface area contributed by atoms with Gasteiger partial charge in [0.2, 0.25) is 5.88 Å². The van der Waals surface area contributed by atoms with Crippen LogP contribution in [0, 0.1) is 5.41 Å². The summed E-state index contributed by atoms with van der Waals surface area (Å²) in [7, 11) is 5.53. The Hall–Kier alpha value is -0.985. The van der Waals surface area contributed by atoms with Crippen LogP contribution in [-0.4, -0.2) is 19.4 Å². The molecule has 1 rings (SSSR count). The average Bonchev–Trinajstić information content (AvgIpc) is 2.01. The van der Waals surface area contributed by atoms with E-state index in [1.165, 1.54) is 0 Å². The molecule has 0 bridgehead atoms. The molecule has 0 aliphatic carbocycles. The van der Waals surface area contributed by atoms with E-state index >= 15 is 0 Å². The average molecular weight is 189 g/mol. The van der Waals surface area contributed by atoms with Crippen molar-refractivity contribution in [2.24, 2.45) is 5.41 Å². The van der Waals surface area contributed by atoms with E-state index in [0.717, 1.165) is 6.42 Å². The van der Waals surface area contributed by atoms with E-state index in [2.05, 4.69) is 25.8 Å². The first kappa shape index (κ1) is 11.1. The van der Waals surface area contributed by atoms with Gasteiger partial charge in [-0.1, -0.05) is 32.9 Å². The van der Waals surface area contributed by atoms with Crippen LogP contribution >= 0.6 is 0 Å². The molecule has 1 aromatic heterocycles. The van der Waals surface area contributed by atoms with Gasteiger partial charge in [0.25, 0.3) is 0 Å². The lowest BCUT2D eigenvalue weighted by molar-refractivity contribution is 0.237. The van der Waals surface area contributed by atoms with Crippen molar-refractivity contribution in [2.75, 3.05) is 6.61 Å². The maximum Gasteiger partial charge on any atom is 0.212 e. The first-order valence-electron chi connectivity index (χ1n) is 4.83. The molecule has 3 heteroatoms. The molecule has 0 aliphatic heterocycles. The van der Waals surface area contributed by atoms with Crippen LogP contribution in [0.15, 0.2) is 18.2 Å². The van der Waals surface area contributed by atoms with E-state index in [9.17, 15) is 0 Å². The highest BCUT2D eigenvalue weighted by Crippen LogP contribution is 2.18. The molecule has 0 N–H and O–H groups in total. The predicted octanol–water partition coefficient (Wildman–Crippen LogP) is 1.69. The van der Waals surface area contributed by atoms with Crippen LogP contribution in [0.25, 0.3) is 0 Å². The highest BCUT2D eigenvalue weighted by Gasteiger charge is 2.09. The van der Waals surface area contributed by atoms with Crippen molar-refractivity contribution in [3.05, 3.63) is 18.2 Å². The second-order valence-electron chi connectivity index (χ2n) is 4.56. The molecule has 0 saturated carbocycles. The zero-order valence-corrected chi connectivity index (χ0v) is 9.08. The number of pyridine rings is 1. The lowest BCUT2D eigenvalue weighted by Crippen LogP contribution is -2.13. The molecule has 1 heterocycles. The molecule has 14 heavy (non-hydrogen) atoms. The number of hydrogen-bond donors (Lipinski definition) is 0. The highest BCUT2D eigenvalue weighted by atomic mass is 16.5. The van der Waals surface area contributed by atoms with Crippen LogP contribution in [0.1, 0.15) is 27.2 Å². The van der Waals surface area contributed by atoms with Crippen molar-refractivity contribution in [3.63, 3.8) is 0 Å². The summed E-state index contributed by atoms with van der Waals surface area (Å²) < 4.78 is 5.47. The summed E-state index contributed by atoms with van der Waals surface area (Å²) in [5, 5.41) is 0. The van der Waals surface area contributed by atoms with Crippen LogP contribution in [-0.2, 0) is 0 Å². The Kier molecular flexibility index (Phi) is 3.56. The van der Waals surface area contributed by atoms with Gasteiger partial charge in [0.1, 0.15) is 7.85 Å². The van der Waals surface area contributed by atoms with E-state index in [0.29, 0.717) is 23.5 Å². The molecular weight excluding hydrogens is 173 g/mol. The zero-order chi connectivity index (χ0) is 10.6. The number of aromatic nitrogens is 1. The maximum absolute atomic E-state index is 5.53. The fraction of sp³-hybridized carbons (Fsp3) is 0.545. The Bertz CT molecular complexity index is 294. The van der Waals surface area contributed by atoms with E-state index < -0.39 is 0 Å². The smallest absolute Gasteiger partial charge is 0.212 e. The molecule has 0 aliphatic rings. The molecule has 0 fully saturated rings. The maximum atomic E-state index is 5.53. The molecule has 0 amide bonds. The van der Waals surface area contributed by atoms with Gasteiger partial charge < -0.3 is 4.74 Å². The monoisotopic (exact) mass is 189 g/mol. The summed E-state index contributed by atoms with van der Waals surface area (Å²) in [5.74, 6) is 0.606. The zero-order valence-electron chi connectivity index (χ0n) is 9.08. The Labute approximate surface area is 87.1 Å². The summed E-state index contributed by atoms with van der Waals surface area (Å²) in [4.78, 5) is 4.05. The fourth-order valence-corrected chi connectivity index (χ4v) is 0.973. The Morgan fingerprint density at radius 1 is 1.36 bits per heavy atom. The summed E-state index contributed by atoms with van der Waals surface area (Å²) in [6.07, 6.45) is 1.00. The van der Waals surface area contributed by atoms with E-state index in [1.54, 1.807) is 6.07 Å². The predicted molar refractivity (Wildman–Crippen MR) is 59.2 cm³/mol. The molecule has 74 valence electrons. The lowest BCUT2D eigenvalue weighted by atomic mass is 9.93. The highest BCUT2D eigenvalue weighted by molar-refractivity contribution is 6.30. The van der Waals surface area contributed by atoms with Crippen molar-refractivity contribution in [3.8, 4) is 5.88 Å². The van der Waals surface area contributed by atoms with Gasteiger partial charge in [0, 0.05) is 6.07 Å². The van der Waals surface area contributed by atoms with Crippen LogP contribution in [0.5, 0.6) is 5.88 Å². The second-order valence-corrected chi connectivity index (χ2v) is 4.56. The Balaban J connectivity index is 2.39. The minimum Gasteiger partial charge on any atom is -0.478 e. The molecule has 0 spiro atoms. The molecule has 2 radical (unpaired) electrons. The molecule has 0 unspecified atom stereocenters. The Morgan fingerprint density at radius 3 is 2.64 bits per heavy atom. The van der Waals surface area contributed by atoms with Crippen molar-refractivity contribution in [1.29, 1.82) is 0 Å². The van der Waals surface area contributed by atoms with E-state index in [-0.39, 0.29) is 0 Å². The van der Waals surface area contributed by atoms with Crippen molar-refractivity contribution in [2.45, 2.75) is 27.2 Å². The normalized spacial score (nSPS) is 11.4. The van der Waals surface area contributed by atoms with Gasteiger partial charge in [-0.05, 0) is 17.4 Å². The van der Waals surface area contributed by atoms with Crippen LogP contribution in [0.3, 0.4) is 0 Å². The molecule has 0 atom stereocenters. The van der Waals surface area contributed by atoms with Crippen molar-refractivity contribution in [1.82, 2.24) is 4.98 Å². The van der Waals surface area contributed by atoms with Gasteiger partial charge in [-0.3, -0.25) is 0 Å². The van der Waals surface area contributed by atoms with Gasteiger partial charge in [-0.25, -0.2) is 4.98 Å². The first-order valence-corrected chi connectivity index (χ1v) is 4.83. The lowest BCUT2D eigenvalue weighted by Gasteiger charge is -2.17. The second kappa shape index (κ2) is 4.49. The van der Waals surface area contributed by atoms with Crippen molar-refractivity contribution >= 4 is 13.4 Å². The third-order valence-corrected chi connectivity index (χ3v) is 1.85. The van der Waals surface area contributed by atoms with E-state index in [4.69, 9.17) is 12.6 Å². The largest absolute Gasteiger partial charge is 0.478 e. The topological polar surface area (TPSA) is 22.1 Å². The number of rotatable bonds is 3. The molecule has 2 nitrogen and oxygen atoms in total. The van der Waals surface area contributed by atoms with Crippen LogP contribution in [0.4, 0.5) is 0 Å². The minimum absolute atomic E-state index is 0.292. The van der Waals surface area contributed by atoms with Gasteiger partial charge in [-0.15, -0.1) is 0 Å². The van der Waals surface area contributed by atoms with Crippen LogP contribution in [0.2, 0.25) is 0 Å². The van der Waals surface area contributed by atoms with Crippen LogP contribution < -0.4 is 10.3 Å². The SMILES string of the molecule is [B]c1cccc(OCCC(C)(C)C)n1. The van der Waals surface area contributed by atoms with Gasteiger partial charge in [0.15, 0.2) is 0 Å². The molecule has 0 aromatic carbocycles. The minimum atomic E-state index is 0.292. The van der Waals surface area contributed by atoms with Crippen molar-refractivity contribution < 1.29 is 4.74 Å². The van der Waals surface area contributed by atoms with Gasteiger partial charge >= 0.3 is 0 Å². The third-order valence-electron chi connectivity index (χ3n) is 1.85. The molecule has 0 saturated heterocycles. The third kappa shape index (κ3) is 4.31. The summed E-state index contributed by atoms with van der Waals surface area (Å²) in [5.41, 5.74) is 0.790. The fourth-order valence-electron chi connectivity index (χ4n) is 0.973. The van der Waals surface area contributed by atoms with Gasteiger partial charge in [-0.2, -0.15) is 0 Å². The number of hydrogen-bond acceptors (Lipinski definition) is 2. The summed E-state index contributed by atoms with van der Waals surface area (Å²) in [6.45, 7) is 7.23. The van der Waals surface area contributed by atoms with E-state index in [1.807, 2.05) is 12.1 Å².